The van der Waals surface area contributed by atoms with Crippen LogP contribution in [0.5, 0.6) is 0 Å². The van der Waals surface area contributed by atoms with Gasteiger partial charge in [0.1, 0.15) is 0 Å². The van der Waals surface area contributed by atoms with Crippen LogP contribution in [-0.2, 0) is 4.79 Å². The molecule has 1 amide bonds. The largest absolute Gasteiger partial charge is 0.325 e. The molecular weight excluding hydrogens is 310 g/mol. The van der Waals surface area contributed by atoms with Gasteiger partial charge >= 0.3 is 0 Å². The van der Waals surface area contributed by atoms with E-state index in [-0.39, 0.29) is 11.7 Å². The molecule has 0 saturated heterocycles. The Morgan fingerprint density at radius 3 is 3.00 bits per heavy atom. The molecule has 23 heavy (non-hydrogen) atoms. The van der Waals surface area contributed by atoms with Crippen molar-refractivity contribution in [2.24, 2.45) is 0 Å². The number of aromatic nitrogens is 4. The average Bonchev–Trinajstić information content (AvgIpc) is 2.96. The molecule has 0 unspecified atom stereocenters. The van der Waals surface area contributed by atoms with Crippen molar-refractivity contribution in [3.05, 3.63) is 48.3 Å². The van der Waals surface area contributed by atoms with E-state index in [4.69, 9.17) is 0 Å². The summed E-state index contributed by atoms with van der Waals surface area (Å²) in [5.41, 5.74) is 2.01. The van der Waals surface area contributed by atoms with Crippen LogP contribution in [0.25, 0.3) is 5.78 Å². The molecule has 0 bridgehead atoms. The van der Waals surface area contributed by atoms with Gasteiger partial charge in [-0.3, -0.25) is 4.79 Å². The van der Waals surface area contributed by atoms with E-state index >= 15 is 0 Å². The summed E-state index contributed by atoms with van der Waals surface area (Å²) in [7, 11) is 0. The quantitative estimate of drug-likeness (QED) is 0.729. The second-order valence-corrected chi connectivity index (χ2v) is 6.32. The van der Waals surface area contributed by atoms with Gasteiger partial charge in [-0.1, -0.05) is 37.7 Å². The summed E-state index contributed by atoms with van der Waals surface area (Å²) in [6.07, 6.45) is 3.43. The van der Waals surface area contributed by atoms with E-state index in [0.29, 0.717) is 16.9 Å². The summed E-state index contributed by atoms with van der Waals surface area (Å²) in [5, 5.41) is 7.70. The van der Waals surface area contributed by atoms with E-state index < -0.39 is 0 Å². The van der Waals surface area contributed by atoms with Gasteiger partial charge < -0.3 is 5.32 Å². The smallest absolute Gasteiger partial charge is 0.253 e. The molecule has 0 spiro atoms. The fraction of sp³-hybridized carbons (Fsp3) is 0.250. The monoisotopic (exact) mass is 327 g/mol. The maximum absolute atomic E-state index is 12.1. The molecule has 1 aromatic carbocycles. The molecule has 0 fully saturated rings. The molecule has 0 radical (unpaired) electrons. The molecule has 1 N–H and O–H groups in total. The number of hydrogen-bond acceptors (Lipinski definition) is 5. The SMILES string of the molecule is CC(C)c1cccc(NC(=O)CSc2nc3ncccn3n2)c1. The van der Waals surface area contributed by atoms with Gasteiger partial charge in [0.25, 0.3) is 5.78 Å². The van der Waals surface area contributed by atoms with Crippen LogP contribution in [0.15, 0.2) is 47.9 Å². The zero-order chi connectivity index (χ0) is 16.2. The number of anilines is 1. The highest BCUT2D eigenvalue weighted by atomic mass is 32.2. The Morgan fingerprint density at radius 2 is 2.22 bits per heavy atom. The van der Waals surface area contributed by atoms with Crippen LogP contribution >= 0.6 is 11.8 Å². The first-order valence-corrected chi connectivity index (χ1v) is 8.30. The lowest BCUT2D eigenvalue weighted by molar-refractivity contribution is -0.113. The Labute approximate surface area is 138 Å². The van der Waals surface area contributed by atoms with Gasteiger partial charge in [-0.15, -0.1) is 5.10 Å². The molecule has 118 valence electrons. The Hall–Kier alpha value is -2.41. The second-order valence-electron chi connectivity index (χ2n) is 5.38. The normalized spacial score (nSPS) is 11.1. The number of nitrogens with one attached hydrogen (secondary N) is 1. The van der Waals surface area contributed by atoms with Crippen molar-refractivity contribution < 1.29 is 4.79 Å². The Bertz CT molecular complexity index is 797. The maximum atomic E-state index is 12.1. The number of nitrogens with zero attached hydrogens (tertiary/aromatic N) is 4. The third kappa shape index (κ3) is 3.87. The van der Waals surface area contributed by atoms with Gasteiger partial charge in [0.15, 0.2) is 0 Å². The van der Waals surface area contributed by atoms with Crippen LogP contribution in [0.1, 0.15) is 25.3 Å². The molecule has 2 aromatic heterocycles. The van der Waals surface area contributed by atoms with E-state index in [2.05, 4.69) is 40.3 Å². The van der Waals surface area contributed by atoms with Crippen molar-refractivity contribution in [1.82, 2.24) is 19.6 Å². The maximum Gasteiger partial charge on any atom is 0.253 e. The van der Waals surface area contributed by atoms with Gasteiger partial charge in [-0.25, -0.2) is 9.50 Å². The summed E-state index contributed by atoms with van der Waals surface area (Å²) in [4.78, 5) is 20.4. The van der Waals surface area contributed by atoms with Crippen LogP contribution in [0, 0.1) is 0 Å². The van der Waals surface area contributed by atoms with E-state index in [9.17, 15) is 4.79 Å². The number of carbonyl (C=O) groups is 1. The lowest BCUT2D eigenvalue weighted by Crippen LogP contribution is -2.14. The zero-order valence-corrected chi connectivity index (χ0v) is 13.7. The van der Waals surface area contributed by atoms with Crippen LogP contribution in [0.2, 0.25) is 0 Å². The van der Waals surface area contributed by atoms with Crippen LogP contribution in [0.4, 0.5) is 5.69 Å². The highest BCUT2D eigenvalue weighted by molar-refractivity contribution is 7.99. The lowest BCUT2D eigenvalue weighted by atomic mass is 10.0. The molecule has 2 heterocycles. The molecule has 7 heteroatoms. The fourth-order valence-electron chi connectivity index (χ4n) is 2.08. The number of amides is 1. The van der Waals surface area contributed by atoms with Crippen molar-refractivity contribution >= 4 is 29.1 Å². The third-order valence-corrected chi connectivity index (χ3v) is 4.10. The number of benzene rings is 1. The van der Waals surface area contributed by atoms with Crippen molar-refractivity contribution in [3.8, 4) is 0 Å². The van der Waals surface area contributed by atoms with Gasteiger partial charge in [-0.05, 0) is 29.7 Å². The average molecular weight is 327 g/mol. The van der Waals surface area contributed by atoms with Gasteiger partial charge in [0.2, 0.25) is 11.1 Å². The highest BCUT2D eigenvalue weighted by Crippen LogP contribution is 2.19. The van der Waals surface area contributed by atoms with E-state index in [0.717, 1.165) is 5.69 Å². The molecule has 0 aliphatic rings. The molecule has 3 rings (SSSR count). The summed E-state index contributed by atoms with van der Waals surface area (Å²) in [5.74, 6) is 1.13. The Balaban J connectivity index is 1.60. The van der Waals surface area contributed by atoms with E-state index in [1.807, 2.05) is 18.2 Å². The van der Waals surface area contributed by atoms with Gasteiger partial charge in [0.05, 0.1) is 5.75 Å². The molecule has 3 aromatic rings. The van der Waals surface area contributed by atoms with Crippen molar-refractivity contribution in [2.45, 2.75) is 24.9 Å². The summed E-state index contributed by atoms with van der Waals surface area (Å²) in [6.45, 7) is 4.25. The Morgan fingerprint density at radius 1 is 1.35 bits per heavy atom. The summed E-state index contributed by atoms with van der Waals surface area (Å²) in [6, 6.07) is 9.68. The first-order chi connectivity index (χ1) is 11.1. The topological polar surface area (TPSA) is 72.2 Å². The number of fused-ring (bicyclic) bond motifs is 1. The predicted octanol–water partition coefficient (Wildman–Crippen LogP) is 2.98. The zero-order valence-electron chi connectivity index (χ0n) is 12.9. The van der Waals surface area contributed by atoms with E-state index in [1.165, 1.54) is 17.3 Å². The number of hydrogen-bond donors (Lipinski definition) is 1. The predicted molar refractivity (Wildman–Crippen MR) is 90.7 cm³/mol. The number of carbonyl (C=O) groups excluding carboxylic acids is 1. The van der Waals surface area contributed by atoms with Gasteiger partial charge in [-0.2, -0.15) is 4.98 Å². The van der Waals surface area contributed by atoms with Crippen LogP contribution < -0.4 is 5.32 Å². The summed E-state index contributed by atoms with van der Waals surface area (Å²) >= 11 is 1.29. The number of thioether (sulfide) groups is 1. The van der Waals surface area contributed by atoms with Crippen LogP contribution in [-0.4, -0.2) is 31.2 Å². The van der Waals surface area contributed by atoms with E-state index in [1.54, 1.807) is 23.0 Å². The Kier molecular flexibility index (Phi) is 4.57. The minimum absolute atomic E-state index is 0.0808. The second kappa shape index (κ2) is 6.78. The highest BCUT2D eigenvalue weighted by Gasteiger charge is 2.09. The molecule has 0 aliphatic heterocycles. The summed E-state index contributed by atoms with van der Waals surface area (Å²) < 4.78 is 1.59. The molecule has 0 atom stereocenters. The first kappa shape index (κ1) is 15.5. The third-order valence-electron chi connectivity index (χ3n) is 3.27. The molecule has 0 saturated carbocycles. The minimum atomic E-state index is -0.0808. The molecular formula is C16H17N5OS. The molecule has 6 nitrogen and oxygen atoms in total. The van der Waals surface area contributed by atoms with Crippen molar-refractivity contribution in [1.29, 1.82) is 0 Å². The minimum Gasteiger partial charge on any atom is -0.325 e. The fourth-order valence-corrected chi connectivity index (χ4v) is 2.70. The first-order valence-electron chi connectivity index (χ1n) is 7.32. The lowest BCUT2D eigenvalue weighted by Gasteiger charge is -2.09. The van der Waals surface area contributed by atoms with Gasteiger partial charge in [0, 0.05) is 18.1 Å². The van der Waals surface area contributed by atoms with Crippen LogP contribution in [0.3, 0.4) is 0 Å². The van der Waals surface area contributed by atoms with Crippen molar-refractivity contribution in [3.63, 3.8) is 0 Å². The number of rotatable bonds is 5. The van der Waals surface area contributed by atoms with Crippen molar-refractivity contribution in [2.75, 3.05) is 11.1 Å². The standard InChI is InChI=1S/C16H17N5OS/c1-11(2)12-5-3-6-13(9-12)18-14(22)10-23-16-19-15-17-7-4-8-21(15)20-16/h3-9,11H,10H2,1-2H3,(H,18,22). The molecule has 0 aliphatic carbocycles.